The number of benzene rings is 3. The molecule has 1 aliphatic heterocycles. The van der Waals surface area contributed by atoms with Gasteiger partial charge in [0.2, 0.25) is 0 Å². The van der Waals surface area contributed by atoms with E-state index in [2.05, 4.69) is 11.1 Å². The predicted molar refractivity (Wildman–Crippen MR) is 118 cm³/mol. The van der Waals surface area contributed by atoms with Crippen LogP contribution < -0.4 is 4.90 Å². The predicted octanol–water partition coefficient (Wildman–Crippen LogP) is 6.34. The molecule has 4 aromatic rings. The van der Waals surface area contributed by atoms with Crippen LogP contribution >= 0.6 is 11.6 Å². The lowest BCUT2D eigenvalue weighted by Gasteiger charge is -2.23. The lowest BCUT2D eigenvalue weighted by Crippen LogP contribution is -2.27. The summed E-state index contributed by atoms with van der Waals surface area (Å²) in [5, 5.41) is 2.55. The molecule has 2 heterocycles. The molecule has 3 nitrogen and oxygen atoms in total. The number of hydrogen-bond acceptors (Lipinski definition) is 2. The van der Waals surface area contributed by atoms with Crippen LogP contribution in [0.3, 0.4) is 0 Å². The van der Waals surface area contributed by atoms with Crippen molar-refractivity contribution in [3.8, 4) is 0 Å². The van der Waals surface area contributed by atoms with E-state index in [-0.39, 0.29) is 11.9 Å². The van der Waals surface area contributed by atoms with Crippen LogP contribution in [0.2, 0.25) is 5.15 Å². The normalized spacial score (nSPS) is 15.6. The fraction of sp³-hybridized carbons (Fsp3) is 0.120. The Kier molecular flexibility index (Phi) is 4.52. The van der Waals surface area contributed by atoms with E-state index >= 15 is 0 Å². The van der Waals surface area contributed by atoms with Gasteiger partial charge in [-0.25, -0.2) is 9.37 Å². The van der Waals surface area contributed by atoms with Gasteiger partial charge >= 0.3 is 0 Å². The standard InChI is InChI=1S/C25H18ClFN2O/c1-15-24-19-7-3-2-6-18(19)17(12-16-10-11-23(26)28-14-16)13-20(24)25(30)29(15)22-9-5-4-8-21(22)27/h2-11,13-15H,12H2,1H3. The maximum atomic E-state index is 14.5. The van der Waals surface area contributed by atoms with E-state index in [0.717, 1.165) is 27.5 Å². The quantitative estimate of drug-likeness (QED) is 0.365. The topological polar surface area (TPSA) is 33.2 Å². The van der Waals surface area contributed by atoms with Crippen molar-refractivity contribution >= 4 is 34.0 Å². The molecule has 0 N–H and O–H groups in total. The third kappa shape index (κ3) is 2.96. The fourth-order valence-corrected chi connectivity index (χ4v) is 4.49. The SMILES string of the molecule is CC1c2c(cc(Cc3ccc(Cl)nc3)c3ccccc23)C(=O)N1c1ccccc1F. The number of para-hydroxylation sites is 1. The molecular weight excluding hydrogens is 399 g/mol. The third-order valence-electron chi connectivity index (χ3n) is 5.72. The van der Waals surface area contributed by atoms with Crippen LogP contribution in [0.1, 0.15) is 40.0 Å². The molecule has 0 bridgehead atoms. The third-order valence-corrected chi connectivity index (χ3v) is 5.94. The van der Waals surface area contributed by atoms with E-state index in [1.54, 1.807) is 35.4 Å². The average molecular weight is 417 g/mol. The number of halogens is 2. The van der Waals surface area contributed by atoms with Crippen molar-refractivity contribution in [3.63, 3.8) is 0 Å². The zero-order valence-corrected chi connectivity index (χ0v) is 17.0. The van der Waals surface area contributed by atoms with Crippen LogP contribution in [0.25, 0.3) is 10.8 Å². The first-order valence-corrected chi connectivity index (χ1v) is 10.2. The van der Waals surface area contributed by atoms with Crippen molar-refractivity contribution in [2.75, 3.05) is 4.90 Å². The summed E-state index contributed by atoms with van der Waals surface area (Å²) in [6, 6.07) is 19.9. The molecule has 1 aromatic heterocycles. The van der Waals surface area contributed by atoms with E-state index in [1.165, 1.54) is 6.07 Å². The van der Waals surface area contributed by atoms with Crippen molar-refractivity contribution in [1.29, 1.82) is 0 Å². The molecule has 0 fully saturated rings. The number of amides is 1. The minimum absolute atomic E-state index is 0.177. The number of rotatable bonds is 3. The van der Waals surface area contributed by atoms with Gasteiger partial charge in [0.15, 0.2) is 0 Å². The molecule has 1 unspecified atom stereocenters. The molecule has 3 aromatic carbocycles. The molecule has 1 amide bonds. The largest absolute Gasteiger partial charge is 0.298 e. The molecule has 0 radical (unpaired) electrons. The van der Waals surface area contributed by atoms with Crippen LogP contribution in [0.5, 0.6) is 0 Å². The molecular formula is C25H18ClFN2O. The Balaban J connectivity index is 1.67. The van der Waals surface area contributed by atoms with Crippen LogP contribution in [0.4, 0.5) is 10.1 Å². The van der Waals surface area contributed by atoms with Gasteiger partial charge in [0, 0.05) is 11.8 Å². The summed E-state index contributed by atoms with van der Waals surface area (Å²) in [6.45, 7) is 1.95. The molecule has 0 aliphatic carbocycles. The smallest absolute Gasteiger partial charge is 0.259 e. The Labute approximate surface area is 178 Å². The first kappa shape index (κ1) is 18.8. The van der Waals surface area contributed by atoms with Crippen LogP contribution in [-0.2, 0) is 6.42 Å². The average Bonchev–Trinajstić information content (AvgIpc) is 3.00. The fourth-order valence-electron chi connectivity index (χ4n) is 4.38. The summed E-state index contributed by atoms with van der Waals surface area (Å²) in [6.07, 6.45) is 2.37. The van der Waals surface area contributed by atoms with E-state index < -0.39 is 5.82 Å². The zero-order chi connectivity index (χ0) is 20.8. The number of carbonyl (C=O) groups is 1. The highest BCUT2D eigenvalue weighted by Gasteiger charge is 2.38. The molecule has 0 spiro atoms. The van der Waals surface area contributed by atoms with Gasteiger partial charge in [-0.3, -0.25) is 9.69 Å². The van der Waals surface area contributed by atoms with Crippen molar-refractivity contribution in [1.82, 2.24) is 4.98 Å². The maximum Gasteiger partial charge on any atom is 0.259 e. The number of nitrogens with zero attached hydrogens (tertiary/aromatic N) is 2. The van der Waals surface area contributed by atoms with E-state index in [0.29, 0.717) is 22.8 Å². The second-order valence-electron chi connectivity index (χ2n) is 7.51. The monoisotopic (exact) mass is 416 g/mol. The van der Waals surface area contributed by atoms with Crippen molar-refractivity contribution in [2.45, 2.75) is 19.4 Å². The van der Waals surface area contributed by atoms with Crippen molar-refractivity contribution in [2.24, 2.45) is 0 Å². The maximum absolute atomic E-state index is 14.5. The molecule has 30 heavy (non-hydrogen) atoms. The molecule has 1 atom stereocenters. The number of carbonyl (C=O) groups excluding carboxylic acids is 1. The highest BCUT2D eigenvalue weighted by molar-refractivity contribution is 6.29. The number of anilines is 1. The van der Waals surface area contributed by atoms with Gasteiger partial charge in [-0.05, 0) is 65.1 Å². The van der Waals surface area contributed by atoms with Crippen LogP contribution in [-0.4, -0.2) is 10.9 Å². The van der Waals surface area contributed by atoms with Crippen LogP contribution in [0, 0.1) is 5.82 Å². The molecule has 0 saturated heterocycles. The summed E-state index contributed by atoms with van der Waals surface area (Å²) in [5.41, 5.74) is 3.91. The van der Waals surface area contributed by atoms with Crippen molar-refractivity contribution < 1.29 is 9.18 Å². The summed E-state index contributed by atoms with van der Waals surface area (Å²) in [5.74, 6) is -0.578. The highest BCUT2D eigenvalue weighted by Crippen LogP contribution is 2.43. The van der Waals surface area contributed by atoms with Gasteiger partial charge in [0.25, 0.3) is 5.91 Å². The Hall–Kier alpha value is -3.24. The summed E-state index contributed by atoms with van der Waals surface area (Å²) in [4.78, 5) is 19.1. The first-order valence-electron chi connectivity index (χ1n) is 9.77. The molecule has 0 saturated carbocycles. The lowest BCUT2D eigenvalue weighted by atomic mass is 9.91. The second kappa shape index (κ2) is 7.22. The second-order valence-corrected chi connectivity index (χ2v) is 7.90. The minimum atomic E-state index is -0.401. The minimum Gasteiger partial charge on any atom is -0.298 e. The summed E-state index contributed by atoms with van der Waals surface area (Å²) in [7, 11) is 0. The Morgan fingerprint density at radius 1 is 1.03 bits per heavy atom. The van der Waals surface area contributed by atoms with E-state index in [1.807, 2.05) is 37.3 Å². The zero-order valence-electron chi connectivity index (χ0n) is 16.3. The number of hydrogen-bond donors (Lipinski definition) is 0. The number of aromatic nitrogens is 1. The number of fused-ring (bicyclic) bond motifs is 3. The Bertz CT molecular complexity index is 1290. The van der Waals surface area contributed by atoms with E-state index in [4.69, 9.17) is 11.6 Å². The molecule has 5 rings (SSSR count). The molecule has 1 aliphatic rings. The van der Waals surface area contributed by atoms with E-state index in [9.17, 15) is 9.18 Å². The van der Waals surface area contributed by atoms with Gasteiger partial charge < -0.3 is 0 Å². The molecule has 5 heteroatoms. The molecule has 148 valence electrons. The van der Waals surface area contributed by atoms with Gasteiger partial charge in [-0.2, -0.15) is 0 Å². The Morgan fingerprint density at radius 2 is 1.77 bits per heavy atom. The summed E-state index contributed by atoms with van der Waals surface area (Å²) >= 11 is 5.92. The number of pyridine rings is 1. The van der Waals surface area contributed by atoms with Gasteiger partial charge in [-0.15, -0.1) is 0 Å². The highest BCUT2D eigenvalue weighted by atomic mass is 35.5. The van der Waals surface area contributed by atoms with Crippen molar-refractivity contribution in [3.05, 3.63) is 106 Å². The summed E-state index contributed by atoms with van der Waals surface area (Å²) < 4.78 is 14.5. The van der Waals surface area contributed by atoms with Gasteiger partial charge in [0.1, 0.15) is 11.0 Å². The van der Waals surface area contributed by atoms with Gasteiger partial charge in [-0.1, -0.05) is 54.1 Å². The van der Waals surface area contributed by atoms with Crippen LogP contribution in [0.15, 0.2) is 72.9 Å². The Morgan fingerprint density at radius 3 is 2.50 bits per heavy atom. The lowest BCUT2D eigenvalue weighted by molar-refractivity contribution is 0.0991. The van der Waals surface area contributed by atoms with Gasteiger partial charge in [0.05, 0.1) is 11.7 Å². The first-order chi connectivity index (χ1) is 14.5.